The summed E-state index contributed by atoms with van der Waals surface area (Å²) in [5.74, 6) is -7.12. The molecule has 0 heterocycles. The maximum Gasteiger partial charge on any atom is 0.573 e. The van der Waals surface area contributed by atoms with Gasteiger partial charge in [0.1, 0.15) is 11.6 Å². The lowest BCUT2D eigenvalue weighted by atomic mass is 9.87. The predicted octanol–water partition coefficient (Wildman–Crippen LogP) is 8.11. The van der Waals surface area contributed by atoms with Crippen LogP contribution in [-0.4, -0.2) is 6.36 Å². The highest BCUT2D eigenvalue weighted by atomic mass is 19.4. The topological polar surface area (TPSA) is 9.23 Å². The second-order valence-electron chi connectivity index (χ2n) is 7.55. The number of hydrogen-bond donors (Lipinski definition) is 0. The van der Waals surface area contributed by atoms with Gasteiger partial charge in [0, 0.05) is 0 Å². The Bertz CT molecular complexity index is 969. The molecular weight excluding hydrogens is 425 g/mol. The van der Waals surface area contributed by atoms with Crippen LogP contribution in [0.1, 0.15) is 56.6 Å². The van der Waals surface area contributed by atoms with Gasteiger partial charge in [0.2, 0.25) is 5.75 Å². The van der Waals surface area contributed by atoms with Gasteiger partial charge in [-0.25, -0.2) is 17.6 Å². The van der Waals surface area contributed by atoms with E-state index >= 15 is 4.39 Å². The summed E-state index contributed by atoms with van der Waals surface area (Å²) in [5, 5.41) is 0. The van der Waals surface area contributed by atoms with E-state index in [4.69, 9.17) is 0 Å². The van der Waals surface area contributed by atoms with E-state index < -0.39 is 46.5 Å². The molecule has 168 valence electrons. The third-order valence-electron chi connectivity index (χ3n) is 5.27. The van der Waals surface area contributed by atoms with Crippen molar-refractivity contribution in [3.63, 3.8) is 0 Å². The summed E-state index contributed by atoms with van der Waals surface area (Å²) in [6.07, 6.45) is 2.44. The Morgan fingerprint density at radius 3 is 2.16 bits per heavy atom. The van der Waals surface area contributed by atoms with Crippen LogP contribution in [0.3, 0.4) is 0 Å². The van der Waals surface area contributed by atoms with Crippen molar-refractivity contribution in [1.29, 1.82) is 0 Å². The van der Waals surface area contributed by atoms with Crippen molar-refractivity contribution in [2.45, 2.75) is 58.2 Å². The normalized spacial score (nSPS) is 13.7. The standard InChI is InChI=1S/C23H21F7O/c1-2-3-4-5-6-13-7-8-16-14(9-13)10-17(24)20(21(16)27)15-11-18(25)22(19(26)12-15)31-23(28,29)30/h9-12H,2-8H2,1H3. The summed E-state index contributed by atoms with van der Waals surface area (Å²) in [6, 6.07) is 1.95. The Kier molecular flexibility index (Phi) is 6.96. The number of benzene rings is 2. The van der Waals surface area contributed by atoms with E-state index in [2.05, 4.69) is 11.7 Å². The van der Waals surface area contributed by atoms with E-state index in [0.29, 0.717) is 30.5 Å². The molecule has 0 unspecified atom stereocenters. The average molecular weight is 446 g/mol. The highest BCUT2D eigenvalue weighted by Crippen LogP contribution is 2.38. The molecule has 0 atom stereocenters. The molecule has 8 heteroatoms. The average Bonchev–Trinajstić information content (AvgIpc) is 2.67. The Hall–Kier alpha value is -2.51. The second kappa shape index (κ2) is 9.32. The van der Waals surface area contributed by atoms with Crippen LogP contribution in [0.5, 0.6) is 5.75 Å². The van der Waals surface area contributed by atoms with Crippen molar-refractivity contribution in [2.75, 3.05) is 0 Å². The maximum absolute atomic E-state index is 15.1. The predicted molar refractivity (Wildman–Crippen MR) is 103 cm³/mol. The van der Waals surface area contributed by atoms with Crippen LogP contribution in [0.15, 0.2) is 23.8 Å². The molecule has 0 fully saturated rings. The van der Waals surface area contributed by atoms with E-state index in [1.165, 1.54) is 0 Å². The number of ether oxygens (including phenoxy) is 1. The Morgan fingerprint density at radius 1 is 0.871 bits per heavy atom. The first-order valence-corrected chi connectivity index (χ1v) is 10.1. The van der Waals surface area contributed by atoms with Crippen molar-refractivity contribution in [3.05, 3.63) is 58.2 Å². The lowest BCUT2D eigenvalue weighted by Gasteiger charge is -2.20. The number of hydrogen-bond acceptors (Lipinski definition) is 1. The van der Waals surface area contributed by atoms with Crippen LogP contribution < -0.4 is 4.74 Å². The highest BCUT2D eigenvalue weighted by molar-refractivity contribution is 5.72. The monoisotopic (exact) mass is 446 g/mol. The van der Waals surface area contributed by atoms with Gasteiger partial charge in [-0.2, -0.15) is 0 Å². The van der Waals surface area contributed by atoms with Gasteiger partial charge in [0.25, 0.3) is 0 Å². The van der Waals surface area contributed by atoms with Gasteiger partial charge in [-0.1, -0.05) is 37.8 Å². The largest absolute Gasteiger partial charge is 0.573 e. The molecule has 0 spiro atoms. The Labute approximate surface area is 175 Å². The van der Waals surface area contributed by atoms with E-state index in [-0.39, 0.29) is 5.56 Å². The van der Waals surface area contributed by atoms with Crippen LogP contribution in [0, 0.1) is 23.3 Å². The van der Waals surface area contributed by atoms with Gasteiger partial charge in [-0.15, -0.1) is 13.2 Å². The molecule has 1 aliphatic rings. The fraction of sp³-hybridized carbons (Fsp3) is 0.391. The minimum Gasteiger partial charge on any atom is -0.399 e. The molecule has 1 nitrogen and oxygen atoms in total. The van der Waals surface area contributed by atoms with Crippen LogP contribution >= 0.6 is 0 Å². The molecule has 3 rings (SSSR count). The van der Waals surface area contributed by atoms with Crippen molar-refractivity contribution in [2.24, 2.45) is 0 Å². The number of alkyl halides is 3. The summed E-state index contributed by atoms with van der Waals surface area (Å²) < 4.78 is 98.1. The Morgan fingerprint density at radius 2 is 1.55 bits per heavy atom. The first-order chi connectivity index (χ1) is 14.6. The van der Waals surface area contributed by atoms with Crippen molar-refractivity contribution >= 4 is 6.08 Å². The van der Waals surface area contributed by atoms with E-state index in [1.54, 1.807) is 6.08 Å². The Balaban J connectivity index is 1.94. The smallest absolute Gasteiger partial charge is 0.399 e. The molecular formula is C23H21F7O. The quantitative estimate of drug-likeness (QED) is 0.308. The summed E-state index contributed by atoms with van der Waals surface area (Å²) in [7, 11) is 0. The fourth-order valence-corrected chi connectivity index (χ4v) is 3.80. The van der Waals surface area contributed by atoms with Gasteiger partial charge < -0.3 is 4.74 Å². The van der Waals surface area contributed by atoms with Gasteiger partial charge in [-0.3, -0.25) is 0 Å². The van der Waals surface area contributed by atoms with Crippen molar-refractivity contribution in [3.8, 4) is 16.9 Å². The maximum atomic E-state index is 15.1. The van der Waals surface area contributed by atoms with Gasteiger partial charge in [0.05, 0.1) is 5.56 Å². The van der Waals surface area contributed by atoms with Gasteiger partial charge in [0.15, 0.2) is 11.6 Å². The van der Waals surface area contributed by atoms with Crippen molar-refractivity contribution < 1.29 is 35.5 Å². The van der Waals surface area contributed by atoms with Crippen LogP contribution in [0.2, 0.25) is 0 Å². The molecule has 2 aromatic rings. The molecule has 0 radical (unpaired) electrons. The summed E-state index contributed by atoms with van der Waals surface area (Å²) >= 11 is 0. The van der Waals surface area contributed by atoms with Gasteiger partial charge in [-0.05, 0) is 60.6 Å². The van der Waals surface area contributed by atoms with Crippen molar-refractivity contribution in [1.82, 2.24) is 0 Å². The first-order valence-electron chi connectivity index (χ1n) is 10.1. The third kappa shape index (κ3) is 5.40. The van der Waals surface area contributed by atoms with Gasteiger partial charge >= 0.3 is 6.36 Å². The third-order valence-corrected chi connectivity index (χ3v) is 5.27. The summed E-state index contributed by atoms with van der Waals surface area (Å²) in [5.41, 5.74) is 0.436. The molecule has 0 aliphatic heterocycles. The molecule has 0 saturated carbocycles. The number of rotatable bonds is 7. The molecule has 0 saturated heterocycles. The second-order valence-corrected chi connectivity index (χ2v) is 7.55. The molecule has 31 heavy (non-hydrogen) atoms. The van der Waals surface area contributed by atoms with E-state index in [0.717, 1.165) is 43.7 Å². The van der Waals surface area contributed by atoms with Crippen LogP contribution in [0.25, 0.3) is 17.2 Å². The lowest BCUT2D eigenvalue weighted by molar-refractivity contribution is -0.276. The van der Waals surface area contributed by atoms with E-state index in [9.17, 15) is 26.3 Å². The fourth-order valence-electron chi connectivity index (χ4n) is 3.80. The molecule has 2 aromatic carbocycles. The van der Waals surface area contributed by atoms with E-state index in [1.807, 2.05) is 0 Å². The van der Waals surface area contributed by atoms with Crippen LogP contribution in [0.4, 0.5) is 30.7 Å². The lowest BCUT2D eigenvalue weighted by Crippen LogP contribution is -2.19. The summed E-state index contributed by atoms with van der Waals surface area (Å²) in [4.78, 5) is 0. The number of allylic oxidation sites excluding steroid dienone is 1. The molecule has 1 aliphatic carbocycles. The SMILES string of the molecule is CCCCCCC1=Cc2cc(F)c(-c3cc(F)c(OC(F)(F)F)c(F)c3)c(F)c2CC1. The first kappa shape index (κ1) is 23.2. The molecule has 0 N–H and O–H groups in total. The zero-order valence-electron chi connectivity index (χ0n) is 16.8. The molecule has 0 bridgehead atoms. The summed E-state index contributed by atoms with van der Waals surface area (Å²) in [6.45, 7) is 2.11. The molecule has 0 amide bonds. The minimum absolute atomic E-state index is 0.213. The zero-order valence-corrected chi connectivity index (χ0v) is 16.8. The number of halogens is 7. The number of unbranched alkanes of at least 4 members (excludes halogenated alkanes) is 3. The minimum atomic E-state index is -5.31. The zero-order chi connectivity index (χ0) is 22.8. The van der Waals surface area contributed by atoms with Crippen LogP contribution in [-0.2, 0) is 6.42 Å². The highest BCUT2D eigenvalue weighted by Gasteiger charge is 2.34. The molecule has 0 aromatic heterocycles. The number of fused-ring (bicyclic) bond motifs is 1.